The Labute approximate surface area is 136 Å². The highest BCUT2D eigenvalue weighted by Crippen LogP contribution is 2.15. The van der Waals surface area contributed by atoms with Crippen LogP contribution in [0.2, 0.25) is 0 Å². The summed E-state index contributed by atoms with van der Waals surface area (Å²) in [5, 5.41) is 7.36. The van der Waals surface area contributed by atoms with Crippen LogP contribution in [0.1, 0.15) is 23.2 Å². The molecule has 1 atom stereocenters. The standard InChI is InChI=1S/C15H17N3O.2ClH/c19-15(18-10-12-6-3-8-16-12)13-7-1-4-11-5-2-9-17-14(11)13;;/h1-2,4-5,7,9,12,16H,3,6,8,10H2,(H,18,19);2*1H. The number of halogens is 2. The minimum Gasteiger partial charge on any atom is -0.350 e. The van der Waals surface area contributed by atoms with Gasteiger partial charge in [0.25, 0.3) is 5.91 Å². The van der Waals surface area contributed by atoms with Crippen LogP contribution in [0.3, 0.4) is 0 Å². The van der Waals surface area contributed by atoms with Crippen LogP contribution in [0.5, 0.6) is 0 Å². The lowest BCUT2D eigenvalue weighted by Gasteiger charge is -2.12. The van der Waals surface area contributed by atoms with Gasteiger partial charge in [0.2, 0.25) is 0 Å². The molecule has 2 aromatic rings. The van der Waals surface area contributed by atoms with E-state index in [4.69, 9.17) is 0 Å². The third kappa shape index (κ3) is 4.06. The molecular weight excluding hydrogens is 309 g/mol. The summed E-state index contributed by atoms with van der Waals surface area (Å²) in [5.41, 5.74) is 1.41. The summed E-state index contributed by atoms with van der Waals surface area (Å²) in [4.78, 5) is 16.5. The van der Waals surface area contributed by atoms with Crippen LogP contribution in [0.25, 0.3) is 10.9 Å². The number of hydrogen-bond donors (Lipinski definition) is 2. The van der Waals surface area contributed by atoms with E-state index in [-0.39, 0.29) is 30.7 Å². The zero-order valence-electron chi connectivity index (χ0n) is 11.5. The number of nitrogens with zero attached hydrogens (tertiary/aromatic N) is 1. The monoisotopic (exact) mass is 327 g/mol. The summed E-state index contributed by atoms with van der Waals surface area (Å²) < 4.78 is 0. The number of amides is 1. The molecule has 0 saturated carbocycles. The summed E-state index contributed by atoms with van der Waals surface area (Å²) in [6.45, 7) is 1.73. The van der Waals surface area contributed by atoms with E-state index in [0.717, 1.165) is 23.9 Å². The Morgan fingerprint density at radius 3 is 2.86 bits per heavy atom. The molecule has 0 bridgehead atoms. The Morgan fingerprint density at radius 2 is 2.10 bits per heavy atom. The average Bonchev–Trinajstić information content (AvgIpc) is 2.97. The van der Waals surface area contributed by atoms with Crippen LogP contribution in [0.4, 0.5) is 0 Å². The number of carbonyl (C=O) groups is 1. The first kappa shape index (κ1) is 17.7. The quantitative estimate of drug-likeness (QED) is 0.910. The highest BCUT2D eigenvalue weighted by molar-refractivity contribution is 6.05. The molecule has 2 N–H and O–H groups in total. The average molecular weight is 328 g/mol. The molecule has 0 aliphatic carbocycles. The highest BCUT2D eigenvalue weighted by Gasteiger charge is 2.16. The van der Waals surface area contributed by atoms with E-state index in [0.29, 0.717) is 18.2 Å². The number of carbonyl (C=O) groups excluding carboxylic acids is 1. The predicted molar refractivity (Wildman–Crippen MR) is 89.6 cm³/mol. The van der Waals surface area contributed by atoms with Crippen molar-refractivity contribution in [3.63, 3.8) is 0 Å². The molecule has 1 aromatic carbocycles. The van der Waals surface area contributed by atoms with Gasteiger partial charge in [0.05, 0.1) is 11.1 Å². The van der Waals surface area contributed by atoms with E-state index in [1.807, 2.05) is 30.3 Å². The van der Waals surface area contributed by atoms with Gasteiger partial charge >= 0.3 is 0 Å². The molecule has 0 spiro atoms. The van der Waals surface area contributed by atoms with Crippen LogP contribution in [0, 0.1) is 0 Å². The topological polar surface area (TPSA) is 54.0 Å². The van der Waals surface area contributed by atoms with Crippen molar-refractivity contribution >= 4 is 41.6 Å². The second-order valence-electron chi connectivity index (χ2n) is 4.88. The van der Waals surface area contributed by atoms with Crippen molar-refractivity contribution in [2.45, 2.75) is 18.9 Å². The molecule has 21 heavy (non-hydrogen) atoms. The van der Waals surface area contributed by atoms with Gasteiger partial charge in [-0.05, 0) is 31.5 Å². The minimum absolute atomic E-state index is 0. The molecule has 0 radical (unpaired) electrons. The van der Waals surface area contributed by atoms with E-state index in [1.54, 1.807) is 6.20 Å². The Morgan fingerprint density at radius 1 is 1.29 bits per heavy atom. The second kappa shape index (κ2) is 8.17. The zero-order chi connectivity index (χ0) is 13.1. The van der Waals surface area contributed by atoms with Gasteiger partial charge in [0, 0.05) is 24.2 Å². The molecule has 1 amide bonds. The number of benzene rings is 1. The van der Waals surface area contributed by atoms with Crippen LogP contribution >= 0.6 is 24.8 Å². The Kier molecular flexibility index (Phi) is 6.89. The fraction of sp³-hybridized carbons (Fsp3) is 0.333. The van der Waals surface area contributed by atoms with Crippen LogP contribution in [0.15, 0.2) is 36.5 Å². The number of rotatable bonds is 3. The number of para-hydroxylation sites is 1. The van der Waals surface area contributed by atoms with Crippen molar-refractivity contribution in [2.24, 2.45) is 0 Å². The lowest BCUT2D eigenvalue weighted by molar-refractivity contribution is 0.0952. The fourth-order valence-electron chi connectivity index (χ4n) is 2.53. The molecule has 6 heteroatoms. The molecule has 2 heterocycles. The lowest BCUT2D eigenvalue weighted by atomic mass is 10.1. The minimum atomic E-state index is -0.0435. The van der Waals surface area contributed by atoms with Crippen molar-refractivity contribution in [3.8, 4) is 0 Å². The number of hydrogen-bond acceptors (Lipinski definition) is 3. The van der Waals surface area contributed by atoms with E-state index in [9.17, 15) is 4.79 Å². The summed E-state index contributed by atoms with van der Waals surface area (Å²) in [6.07, 6.45) is 4.04. The number of nitrogens with one attached hydrogen (secondary N) is 2. The van der Waals surface area contributed by atoms with Gasteiger partial charge < -0.3 is 10.6 Å². The Hall–Kier alpha value is -1.36. The largest absolute Gasteiger partial charge is 0.350 e. The second-order valence-corrected chi connectivity index (χ2v) is 4.88. The summed E-state index contributed by atoms with van der Waals surface area (Å²) in [5.74, 6) is -0.0435. The number of fused-ring (bicyclic) bond motifs is 1. The molecule has 1 aliphatic heterocycles. The molecular formula is C15H19Cl2N3O. The van der Waals surface area contributed by atoms with Crippen molar-refractivity contribution in [1.82, 2.24) is 15.6 Å². The predicted octanol–water partition coefficient (Wildman–Crippen LogP) is 2.56. The van der Waals surface area contributed by atoms with E-state index < -0.39 is 0 Å². The first-order chi connectivity index (χ1) is 9.34. The molecule has 1 fully saturated rings. The van der Waals surface area contributed by atoms with Crippen LogP contribution < -0.4 is 10.6 Å². The van der Waals surface area contributed by atoms with Crippen molar-refractivity contribution in [1.29, 1.82) is 0 Å². The van der Waals surface area contributed by atoms with Crippen LogP contribution in [-0.2, 0) is 0 Å². The summed E-state index contributed by atoms with van der Waals surface area (Å²) in [6, 6.07) is 9.95. The normalized spacial score (nSPS) is 16.9. The SMILES string of the molecule is Cl.Cl.O=C(NCC1CCCN1)c1cccc2cccnc12. The zero-order valence-corrected chi connectivity index (χ0v) is 13.2. The van der Waals surface area contributed by atoms with E-state index >= 15 is 0 Å². The summed E-state index contributed by atoms with van der Waals surface area (Å²) >= 11 is 0. The van der Waals surface area contributed by atoms with E-state index in [2.05, 4.69) is 15.6 Å². The third-order valence-electron chi connectivity index (χ3n) is 3.55. The molecule has 4 nitrogen and oxygen atoms in total. The summed E-state index contributed by atoms with van der Waals surface area (Å²) in [7, 11) is 0. The smallest absolute Gasteiger partial charge is 0.253 e. The van der Waals surface area contributed by atoms with Gasteiger partial charge in [-0.1, -0.05) is 18.2 Å². The van der Waals surface area contributed by atoms with Gasteiger partial charge in [-0.15, -0.1) is 24.8 Å². The Balaban J connectivity index is 0.00000110. The van der Waals surface area contributed by atoms with Crippen molar-refractivity contribution in [2.75, 3.05) is 13.1 Å². The van der Waals surface area contributed by atoms with Crippen molar-refractivity contribution < 1.29 is 4.79 Å². The number of aromatic nitrogens is 1. The van der Waals surface area contributed by atoms with Crippen molar-refractivity contribution in [3.05, 3.63) is 42.1 Å². The molecule has 1 aliphatic rings. The molecule has 1 unspecified atom stereocenters. The molecule has 3 rings (SSSR count). The van der Waals surface area contributed by atoms with Gasteiger partial charge in [-0.2, -0.15) is 0 Å². The molecule has 114 valence electrons. The van der Waals surface area contributed by atoms with Gasteiger partial charge in [0.15, 0.2) is 0 Å². The third-order valence-corrected chi connectivity index (χ3v) is 3.55. The number of pyridine rings is 1. The first-order valence-electron chi connectivity index (χ1n) is 6.70. The maximum absolute atomic E-state index is 12.2. The van der Waals surface area contributed by atoms with Crippen LogP contribution in [-0.4, -0.2) is 30.0 Å². The maximum atomic E-state index is 12.2. The molecule has 1 saturated heterocycles. The van der Waals surface area contributed by atoms with Gasteiger partial charge in [0.1, 0.15) is 0 Å². The first-order valence-corrected chi connectivity index (χ1v) is 6.70. The molecule has 1 aromatic heterocycles. The maximum Gasteiger partial charge on any atom is 0.253 e. The lowest BCUT2D eigenvalue weighted by Crippen LogP contribution is -2.37. The Bertz CT molecular complexity index is 595. The highest BCUT2D eigenvalue weighted by atomic mass is 35.5. The van der Waals surface area contributed by atoms with E-state index in [1.165, 1.54) is 6.42 Å². The van der Waals surface area contributed by atoms with Gasteiger partial charge in [-0.25, -0.2) is 0 Å². The van der Waals surface area contributed by atoms with Gasteiger partial charge in [-0.3, -0.25) is 9.78 Å². The fourth-order valence-corrected chi connectivity index (χ4v) is 2.53.